The Bertz CT molecular complexity index is 415. The van der Waals surface area contributed by atoms with Gasteiger partial charge in [0.1, 0.15) is 11.6 Å². The van der Waals surface area contributed by atoms with E-state index >= 15 is 0 Å². The molecule has 0 saturated carbocycles. The van der Waals surface area contributed by atoms with Crippen LogP contribution in [0.2, 0.25) is 0 Å². The fourth-order valence-electron chi connectivity index (χ4n) is 2.15. The predicted molar refractivity (Wildman–Crippen MR) is 65.6 cm³/mol. The van der Waals surface area contributed by atoms with Gasteiger partial charge in [0.15, 0.2) is 0 Å². The molecule has 2 unspecified atom stereocenters. The van der Waals surface area contributed by atoms with Gasteiger partial charge in [-0.05, 0) is 37.4 Å². The summed E-state index contributed by atoms with van der Waals surface area (Å²) in [6.07, 6.45) is 5.95. The molecule has 1 aliphatic rings. The lowest BCUT2D eigenvalue weighted by Gasteiger charge is -2.25. The lowest BCUT2D eigenvalue weighted by molar-refractivity contribution is 0.357. The third kappa shape index (κ3) is 3.37. The van der Waals surface area contributed by atoms with Crippen LogP contribution in [-0.4, -0.2) is 12.6 Å². The molecule has 0 radical (unpaired) electrons. The average molecular weight is 237 g/mol. The normalized spacial score (nSPS) is 25.4. The number of hydrogen-bond donors (Lipinski definition) is 1. The van der Waals surface area contributed by atoms with Gasteiger partial charge in [-0.1, -0.05) is 19.1 Å². The Morgan fingerprint density at radius 3 is 2.88 bits per heavy atom. The topological polar surface area (TPSA) is 12.0 Å². The van der Waals surface area contributed by atoms with Crippen LogP contribution in [0.25, 0.3) is 6.08 Å². The zero-order chi connectivity index (χ0) is 12.3. The van der Waals surface area contributed by atoms with E-state index in [1.165, 1.54) is 18.6 Å². The largest absolute Gasteiger partial charge is 0.310 e. The molecule has 2 rings (SSSR count). The first kappa shape index (κ1) is 12.2. The minimum atomic E-state index is -0.538. The van der Waals surface area contributed by atoms with Crippen LogP contribution in [-0.2, 0) is 0 Å². The van der Waals surface area contributed by atoms with Gasteiger partial charge in [-0.25, -0.2) is 8.78 Å². The molecule has 1 fully saturated rings. The van der Waals surface area contributed by atoms with Crippen molar-refractivity contribution in [1.29, 1.82) is 0 Å². The van der Waals surface area contributed by atoms with Crippen molar-refractivity contribution in [3.63, 3.8) is 0 Å². The van der Waals surface area contributed by atoms with Crippen molar-refractivity contribution >= 4 is 6.08 Å². The molecule has 0 aliphatic carbocycles. The second kappa shape index (κ2) is 5.41. The molecule has 17 heavy (non-hydrogen) atoms. The molecule has 1 N–H and O–H groups in total. The molecule has 3 heteroatoms. The molecule has 1 aliphatic heterocycles. The van der Waals surface area contributed by atoms with E-state index in [0.29, 0.717) is 17.5 Å². The second-order valence-electron chi connectivity index (χ2n) is 4.72. The van der Waals surface area contributed by atoms with Gasteiger partial charge in [-0.15, -0.1) is 0 Å². The molecular weight excluding hydrogens is 220 g/mol. The first-order valence-corrected chi connectivity index (χ1v) is 6.02. The average Bonchev–Trinajstić information content (AvgIpc) is 2.28. The lowest BCUT2D eigenvalue weighted by Crippen LogP contribution is -2.35. The third-order valence-corrected chi connectivity index (χ3v) is 3.17. The summed E-state index contributed by atoms with van der Waals surface area (Å²) in [5, 5.41) is 3.37. The maximum Gasteiger partial charge on any atom is 0.133 e. The Hall–Kier alpha value is -1.22. The maximum atomic E-state index is 13.4. The molecule has 0 bridgehead atoms. The molecule has 1 aromatic rings. The first-order chi connectivity index (χ1) is 8.15. The fourth-order valence-corrected chi connectivity index (χ4v) is 2.15. The van der Waals surface area contributed by atoms with Crippen LogP contribution in [0.5, 0.6) is 0 Å². The Labute approximate surface area is 101 Å². The van der Waals surface area contributed by atoms with Gasteiger partial charge in [-0.3, -0.25) is 0 Å². The SMILES string of the molecule is CC1CCNC(/C=C/c2ccc(F)cc2F)C1. The molecule has 1 aromatic carbocycles. The lowest BCUT2D eigenvalue weighted by atomic mass is 9.94. The van der Waals surface area contributed by atoms with Crippen LogP contribution in [0.1, 0.15) is 25.3 Å². The van der Waals surface area contributed by atoms with Crippen LogP contribution < -0.4 is 5.32 Å². The van der Waals surface area contributed by atoms with E-state index < -0.39 is 11.6 Å². The summed E-state index contributed by atoms with van der Waals surface area (Å²) in [4.78, 5) is 0. The number of benzene rings is 1. The van der Waals surface area contributed by atoms with E-state index in [1.54, 1.807) is 6.08 Å². The molecule has 1 heterocycles. The smallest absolute Gasteiger partial charge is 0.133 e. The van der Waals surface area contributed by atoms with Crippen LogP contribution in [0.3, 0.4) is 0 Å². The summed E-state index contributed by atoms with van der Waals surface area (Å²) in [5.41, 5.74) is 0.437. The predicted octanol–water partition coefficient (Wildman–Crippen LogP) is 3.37. The van der Waals surface area contributed by atoms with Crippen molar-refractivity contribution in [1.82, 2.24) is 5.32 Å². The van der Waals surface area contributed by atoms with Crippen molar-refractivity contribution in [3.8, 4) is 0 Å². The minimum Gasteiger partial charge on any atom is -0.310 e. The van der Waals surface area contributed by atoms with Crippen molar-refractivity contribution < 1.29 is 8.78 Å². The summed E-state index contributed by atoms with van der Waals surface area (Å²) >= 11 is 0. The van der Waals surface area contributed by atoms with Gasteiger partial charge in [0.2, 0.25) is 0 Å². The van der Waals surface area contributed by atoms with Crippen LogP contribution in [0.4, 0.5) is 8.78 Å². The van der Waals surface area contributed by atoms with Crippen LogP contribution in [0.15, 0.2) is 24.3 Å². The van der Waals surface area contributed by atoms with Gasteiger partial charge in [0.05, 0.1) is 0 Å². The van der Waals surface area contributed by atoms with E-state index in [4.69, 9.17) is 0 Å². The first-order valence-electron chi connectivity index (χ1n) is 6.02. The Morgan fingerprint density at radius 2 is 2.18 bits per heavy atom. The number of rotatable bonds is 2. The molecule has 1 saturated heterocycles. The van der Waals surface area contributed by atoms with Gasteiger partial charge in [0, 0.05) is 17.7 Å². The monoisotopic (exact) mass is 237 g/mol. The Morgan fingerprint density at radius 1 is 1.35 bits per heavy atom. The van der Waals surface area contributed by atoms with Crippen molar-refractivity contribution in [3.05, 3.63) is 41.5 Å². The molecule has 2 atom stereocenters. The number of nitrogens with one attached hydrogen (secondary N) is 1. The fraction of sp³-hybridized carbons (Fsp3) is 0.429. The molecule has 92 valence electrons. The zero-order valence-corrected chi connectivity index (χ0v) is 9.92. The summed E-state index contributed by atoms with van der Waals surface area (Å²) in [7, 11) is 0. The Balaban J connectivity index is 2.04. The molecule has 1 nitrogen and oxygen atoms in total. The molecular formula is C14H17F2N. The van der Waals surface area contributed by atoms with Crippen LogP contribution in [0, 0.1) is 17.6 Å². The van der Waals surface area contributed by atoms with E-state index in [0.717, 1.165) is 19.0 Å². The summed E-state index contributed by atoms with van der Waals surface area (Å²) in [6.45, 7) is 3.22. The highest BCUT2D eigenvalue weighted by Crippen LogP contribution is 2.17. The highest BCUT2D eigenvalue weighted by Gasteiger charge is 2.15. The molecule has 0 amide bonds. The summed E-state index contributed by atoms with van der Waals surface area (Å²) in [5.74, 6) is -0.349. The summed E-state index contributed by atoms with van der Waals surface area (Å²) in [6, 6.07) is 3.95. The van der Waals surface area contributed by atoms with Crippen LogP contribution >= 0.6 is 0 Å². The van der Waals surface area contributed by atoms with Gasteiger partial charge >= 0.3 is 0 Å². The van der Waals surface area contributed by atoms with Crippen molar-refractivity contribution in [2.45, 2.75) is 25.8 Å². The van der Waals surface area contributed by atoms with Gasteiger partial charge in [-0.2, -0.15) is 0 Å². The van der Waals surface area contributed by atoms with E-state index in [9.17, 15) is 8.78 Å². The van der Waals surface area contributed by atoms with Gasteiger partial charge in [0.25, 0.3) is 0 Å². The zero-order valence-electron chi connectivity index (χ0n) is 9.92. The Kier molecular flexibility index (Phi) is 3.89. The highest BCUT2D eigenvalue weighted by molar-refractivity contribution is 5.50. The van der Waals surface area contributed by atoms with E-state index in [-0.39, 0.29) is 0 Å². The molecule has 0 aromatic heterocycles. The minimum absolute atomic E-state index is 0.295. The quantitative estimate of drug-likeness (QED) is 0.831. The van der Waals surface area contributed by atoms with E-state index in [2.05, 4.69) is 12.2 Å². The maximum absolute atomic E-state index is 13.4. The highest BCUT2D eigenvalue weighted by atomic mass is 19.1. The van der Waals surface area contributed by atoms with E-state index in [1.807, 2.05) is 6.08 Å². The number of piperidine rings is 1. The van der Waals surface area contributed by atoms with Gasteiger partial charge < -0.3 is 5.32 Å². The van der Waals surface area contributed by atoms with Crippen molar-refractivity contribution in [2.24, 2.45) is 5.92 Å². The van der Waals surface area contributed by atoms with Crippen molar-refractivity contribution in [2.75, 3.05) is 6.54 Å². The number of halogens is 2. The summed E-state index contributed by atoms with van der Waals surface area (Å²) < 4.78 is 26.1. The number of hydrogen-bond acceptors (Lipinski definition) is 1. The second-order valence-corrected chi connectivity index (χ2v) is 4.72. The molecule has 0 spiro atoms. The third-order valence-electron chi connectivity index (χ3n) is 3.17. The standard InChI is InChI=1S/C14H17F2N/c1-10-6-7-17-13(8-10)5-3-11-2-4-12(15)9-14(11)16/h2-5,9-10,13,17H,6-8H2,1H3/b5-3+.